The maximum absolute atomic E-state index is 12.4. The van der Waals surface area contributed by atoms with Crippen molar-refractivity contribution in [2.24, 2.45) is 0 Å². The number of rotatable bonds is 9. The number of benzene rings is 2. The molecule has 148 valence electrons. The molecule has 2 aromatic carbocycles. The predicted molar refractivity (Wildman–Crippen MR) is 114 cm³/mol. The van der Waals surface area contributed by atoms with E-state index in [1.54, 1.807) is 30.3 Å². The molecule has 5 nitrogen and oxygen atoms in total. The van der Waals surface area contributed by atoms with Crippen molar-refractivity contribution >= 4 is 46.8 Å². The van der Waals surface area contributed by atoms with Crippen LogP contribution in [0.15, 0.2) is 60.3 Å². The molecule has 0 aliphatic carbocycles. The van der Waals surface area contributed by atoms with E-state index in [0.29, 0.717) is 30.4 Å². The van der Waals surface area contributed by atoms with E-state index in [1.165, 1.54) is 7.11 Å². The van der Waals surface area contributed by atoms with Crippen LogP contribution in [-0.2, 0) is 9.53 Å². The number of amides is 1. The second-order valence-electron chi connectivity index (χ2n) is 5.83. The highest BCUT2D eigenvalue weighted by atomic mass is 35.5. The minimum atomic E-state index is -0.626. The van der Waals surface area contributed by atoms with Crippen LogP contribution in [0.2, 0.25) is 0 Å². The second kappa shape index (κ2) is 11.4. The number of ether oxygens (including phenoxy) is 1. The molecule has 0 fully saturated rings. The number of nitrogens with one attached hydrogen (secondary N) is 1. The molecule has 0 heterocycles. The third-order valence-electron chi connectivity index (χ3n) is 3.97. The van der Waals surface area contributed by atoms with Crippen LogP contribution in [0.25, 0.3) is 6.08 Å². The van der Waals surface area contributed by atoms with Crippen molar-refractivity contribution in [2.45, 2.75) is 0 Å². The van der Waals surface area contributed by atoms with Gasteiger partial charge in [0.25, 0.3) is 5.91 Å². The van der Waals surface area contributed by atoms with Crippen LogP contribution >= 0.6 is 23.2 Å². The Kier molecular flexibility index (Phi) is 8.85. The summed E-state index contributed by atoms with van der Waals surface area (Å²) in [6.45, 7) is 1.37. The van der Waals surface area contributed by atoms with Crippen molar-refractivity contribution < 1.29 is 14.3 Å². The number of carbonyl (C=O) groups is 2. The Balaban J connectivity index is 2.21. The molecule has 0 aliphatic rings. The van der Waals surface area contributed by atoms with Crippen LogP contribution in [0, 0.1) is 0 Å². The van der Waals surface area contributed by atoms with E-state index in [-0.39, 0.29) is 11.6 Å². The second-order valence-corrected chi connectivity index (χ2v) is 6.58. The Morgan fingerprint density at radius 1 is 1.00 bits per heavy atom. The van der Waals surface area contributed by atoms with Crippen molar-refractivity contribution in [3.63, 3.8) is 0 Å². The Bertz CT molecular complexity index is 802. The predicted octanol–water partition coefficient (Wildman–Crippen LogP) is 3.91. The number of alkyl halides is 2. The zero-order valence-corrected chi connectivity index (χ0v) is 17.0. The average Bonchev–Trinajstić information content (AvgIpc) is 2.73. The Labute approximate surface area is 174 Å². The van der Waals surface area contributed by atoms with Gasteiger partial charge in [-0.05, 0) is 35.9 Å². The molecule has 2 rings (SSSR count). The first-order valence-corrected chi connectivity index (χ1v) is 9.79. The van der Waals surface area contributed by atoms with Gasteiger partial charge in [0, 0.05) is 36.1 Å². The Morgan fingerprint density at radius 2 is 1.61 bits per heavy atom. The highest BCUT2D eigenvalue weighted by Gasteiger charge is 2.15. The summed E-state index contributed by atoms with van der Waals surface area (Å²) in [4.78, 5) is 26.5. The van der Waals surface area contributed by atoms with Crippen molar-refractivity contribution in [1.29, 1.82) is 0 Å². The molecule has 0 saturated heterocycles. The van der Waals surface area contributed by atoms with Gasteiger partial charge in [-0.3, -0.25) is 4.79 Å². The number of carbonyl (C=O) groups excluding carboxylic acids is 2. The van der Waals surface area contributed by atoms with Gasteiger partial charge in [-0.1, -0.05) is 30.3 Å². The normalized spacial score (nSPS) is 11.0. The van der Waals surface area contributed by atoms with Crippen molar-refractivity contribution in [1.82, 2.24) is 5.32 Å². The Morgan fingerprint density at radius 3 is 2.14 bits per heavy atom. The summed E-state index contributed by atoms with van der Waals surface area (Å²) in [5, 5.41) is 2.61. The molecular weight excluding hydrogens is 399 g/mol. The van der Waals surface area contributed by atoms with Crippen LogP contribution in [0.1, 0.15) is 15.9 Å². The van der Waals surface area contributed by atoms with E-state index in [2.05, 4.69) is 10.2 Å². The molecule has 0 saturated carbocycles. The summed E-state index contributed by atoms with van der Waals surface area (Å²) >= 11 is 11.7. The van der Waals surface area contributed by atoms with Crippen LogP contribution in [0.5, 0.6) is 0 Å². The highest BCUT2D eigenvalue weighted by Crippen LogP contribution is 2.17. The maximum atomic E-state index is 12.4. The number of anilines is 1. The number of methoxy groups -OCH3 is 1. The van der Waals surface area contributed by atoms with Gasteiger partial charge in [0.15, 0.2) is 0 Å². The molecule has 2 aromatic rings. The van der Waals surface area contributed by atoms with E-state index < -0.39 is 5.97 Å². The van der Waals surface area contributed by atoms with E-state index in [4.69, 9.17) is 27.9 Å². The summed E-state index contributed by atoms with van der Waals surface area (Å²) in [5.74, 6) is -0.0175. The molecule has 0 atom stereocenters. The monoisotopic (exact) mass is 420 g/mol. The van der Waals surface area contributed by atoms with Gasteiger partial charge in [-0.25, -0.2) is 4.79 Å². The van der Waals surface area contributed by atoms with Gasteiger partial charge in [0.2, 0.25) is 0 Å². The minimum Gasteiger partial charge on any atom is -0.464 e. The number of esters is 1. The minimum absolute atomic E-state index is 0.0578. The van der Waals surface area contributed by atoms with E-state index in [9.17, 15) is 9.59 Å². The van der Waals surface area contributed by atoms with E-state index in [1.807, 2.05) is 30.3 Å². The SMILES string of the molecule is COC(=O)/C(=C\c1ccc(N(CCCl)CCCl)cc1)NC(=O)c1ccccc1. The fourth-order valence-corrected chi connectivity index (χ4v) is 2.97. The van der Waals surface area contributed by atoms with E-state index >= 15 is 0 Å². The van der Waals surface area contributed by atoms with Crippen LogP contribution in [0.3, 0.4) is 0 Å². The smallest absolute Gasteiger partial charge is 0.354 e. The summed E-state index contributed by atoms with van der Waals surface area (Å²) in [6, 6.07) is 16.2. The molecule has 1 amide bonds. The lowest BCUT2D eigenvalue weighted by Crippen LogP contribution is -2.28. The zero-order valence-electron chi connectivity index (χ0n) is 15.5. The molecule has 0 aromatic heterocycles. The lowest BCUT2D eigenvalue weighted by molar-refractivity contribution is -0.136. The third kappa shape index (κ3) is 6.29. The summed E-state index contributed by atoms with van der Waals surface area (Å²) in [5.41, 5.74) is 2.23. The van der Waals surface area contributed by atoms with Crippen molar-refractivity contribution in [3.05, 3.63) is 71.4 Å². The zero-order chi connectivity index (χ0) is 20.4. The lowest BCUT2D eigenvalue weighted by atomic mass is 10.1. The van der Waals surface area contributed by atoms with Gasteiger partial charge < -0.3 is 15.0 Å². The number of hydrogen-bond donors (Lipinski definition) is 1. The fraction of sp³-hybridized carbons (Fsp3) is 0.238. The lowest BCUT2D eigenvalue weighted by Gasteiger charge is -2.22. The topological polar surface area (TPSA) is 58.6 Å². The van der Waals surface area contributed by atoms with Gasteiger partial charge in [-0.2, -0.15) is 0 Å². The molecule has 28 heavy (non-hydrogen) atoms. The van der Waals surface area contributed by atoms with Gasteiger partial charge in [0.1, 0.15) is 5.70 Å². The van der Waals surface area contributed by atoms with Crippen LogP contribution in [0.4, 0.5) is 5.69 Å². The molecule has 1 N–H and O–H groups in total. The van der Waals surface area contributed by atoms with Crippen LogP contribution < -0.4 is 10.2 Å². The summed E-state index contributed by atoms with van der Waals surface area (Å²) in [7, 11) is 1.27. The quantitative estimate of drug-likeness (QED) is 0.379. The fourth-order valence-electron chi connectivity index (χ4n) is 2.56. The van der Waals surface area contributed by atoms with Gasteiger partial charge >= 0.3 is 5.97 Å². The van der Waals surface area contributed by atoms with Crippen LogP contribution in [-0.4, -0.2) is 43.8 Å². The summed E-state index contributed by atoms with van der Waals surface area (Å²) < 4.78 is 4.79. The van der Waals surface area contributed by atoms with Crippen molar-refractivity contribution in [2.75, 3.05) is 36.9 Å². The molecule has 0 spiro atoms. The number of hydrogen-bond acceptors (Lipinski definition) is 4. The van der Waals surface area contributed by atoms with Gasteiger partial charge in [0.05, 0.1) is 7.11 Å². The standard InChI is InChI=1S/C21H22Cl2N2O3/c1-28-21(27)19(24-20(26)17-5-3-2-4-6-17)15-16-7-9-18(10-8-16)25(13-11-22)14-12-23/h2-10,15H,11-14H2,1H3,(H,24,26)/b19-15+. The average molecular weight is 421 g/mol. The molecule has 7 heteroatoms. The molecule has 0 radical (unpaired) electrons. The molecule has 0 unspecified atom stereocenters. The number of halogens is 2. The molecule has 0 bridgehead atoms. The molecule has 0 aliphatic heterocycles. The van der Waals surface area contributed by atoms with Crippen molar-refractivity contribution in [3.8, 4) is 0 Å². The Hall–Kier alpha value is -2.50. The highest BCUT2D eigenvalue weighted by molar-refractivity contribution is 6.18. The first kappa shape index (κ1) is 21.8. The number of nitrogens with zero attached hydrogens (tertiary/aromatic N) is 1. The largest absolute Gasteiger partial charge is 0.464 e. The molecular formula is C21H22Cl2N2O3. The first-order chi connectivity index (χ1) is 13.6. The third-order valence-corrected chi connectivity index (χ3v) is 4.31. The maximum Gasteiger partial charge on any atom is 0.354 e. The van der Waals surface area contributed by atoms with Gasteiger partial charge in [-0.15, -0.1) is 23.2 Å². The summed E-state index contributed by atoms with van der Waals surface area (Å²) in [6.07, 6.45) is 1.57. The first-order valence-electron chi connectivity index (χ1n) is 8.72. The van der Waals surface area contributed by atoms with E-state index in [0.717, 1.165) is 11.3 Å².